The Bertz CT molecular complexity index is 876. The summed E-state index contributed by atoms with van der Waals surface area (Å²) < 4.78 is 5.01. The van der Waals surface area contributed by atoms with Crippen molar-refractivity contribution in [2.24, 2.45) is 28.6 Å². The molecular formula is C25H34O7. The predicted molar refractivity (Wildman–Crippen MR) is 114 cm³/mol. The van der Waals surface area contributed by atoms with E-state index in [4.69, 9.17) is 9.84 Å². The molecule has 0 radical (unpaired) electrons. The van der Waals surface area contributed by atoms with Crippen LogP contribution in [0.15, 0.2) is 11.6 Å². The third-order valence-corrected chi connectivity index (χ3v) is 9.48. The molecule has 0 aliphatic heterocycles. The van der Waals surface area contributed by atoms with Gasteiger partial charge in [-0.3, -0.25) is 19.2 Å². The largest absolute Gasteiger partial charge is 0.481 e. The zero-order valence-corrected chi connectivity index (χ0v) is 19.0. The number of ketones is 2. The molecule has 0 saturated heterocycles. The highest BCUT2D eigenvalue weighted by atomic mass is 16.5. The number of rotatable bonds is 6. The Labute approximate surface area is 188 Å². The summed E-state index contributed by atoms with van der Waals surface area (Å²) in [7, 11) is 0. The number of carbonyl (C=O) groups excluding carboxylic acids is 3. The molecule has 32 heavy (non-hydrogen) atoms. The summed E-state index contributed by atoms with van der Waals surface area (Å²) >= 11 is 0. The molecule has 2 N–H and O–H groups in total. The average molecular weight is 447 g/mol. The van der Waals surface area contributed by atoms with Crippen molar-refractivity contribution in [3.8, 4) is 0 Å². The molecule has 0 aromatic carbocycles. The number of carbonyl (C=O) groups is 4. The minimum Gasteiger partial charge on any atom is -0.481 e. The summed E-state index contributed by atoms with van der Waals surface area (Å²) in [6, 6.07) is 0. The molecule has 4 aliphatic carbocycles. The van der Waals surface area contributed by atoms with Crippen molar-refractivity contribution in [1.29, 1.82) is 0 Å². The van der Waals surface area contributed by atoms with Gasteiger partial charge in [0, 0.05) is 11.8 Å². The molecule has 0 aromatic heterocycles. The summed E-state index contributed by atoms with van der Waals surface area (Å²) in [5.74, 6) is -1.00. The summed E-state index contributed by atoms with van der Waals surface area (Å²) in [4.78, 5) is 47.4. The first kappa shape index (κ1) is 23.1. The van der Waals surface area contributed by atoms with E-state index in [1.54, 1.807) is 0 Å². The first-order valence-corrected chi connectivity index (χ1v) is 11.9. The number of aliphatic carboxylic acids is 1. The van der Waals surface area contributed by atoms with Crippen LogP contribution in [-0.4, -0.2) is 45.9 Å². The first-order valence-electron chi connectivity index (χ1n) is 11.9. The smallest absolute Gasteiger partial charge is 0.306 e. The lowest BCUT2D eigenvalue weighted by Crippen LogP contribution is -2.58. The minimum absolute atomic E-state index is 0.0303. The van der Waals surface area contributed by atoms with Gasteiger partial charge in [-0.1, -0.05) is 19.4 Å². The van der Waals surface area contributed by atoms with Crippen LogP contribution in [0, 0.1) is 28.6 Å². The van der Waals surface area contributed by atoms with Crippen LogP contribution in [0.5, 0.6) is 0 Å². The molecule has 0 spiro atoms. The molecule has 0 aromatic rings. The van der Waals surface area contributed by atoms with Gasteiger partial charge < -0.3 is 14.9 Å². The van der Waals surface area contributed by atoms with E-state index in [1.807, 2.05) is 13.0 Å². The quantitative estimate of drug-likeness (QED) is 0.601. The topological polar surface area (TPSA) is 118 Å². The van der Waals surface area contributed by atoms with E-state index in [0.29, 0.717) is 24.7 Å². The summed E-state index contributed by atoms with van der Waals surface area (Å²) in [6.45, 7) is 3.80. The van der Waals surface area contributed by atoms with Crippen LogP contribution in [0.2, 0.25) is 0 Å². The fourth-order valence-corrected chi connectivity index (χ4v) is 7.58. The standard InChI is InChI=1S/C25H34O7/c1-23-10-7-16(26)13-15(23)3-4-17-18(23)8-11-24(2)19(17)9-12-25(24,31)20(27)14-32-22(30)6-5-21(28)29/h13,17-19,31H,3-12,14H2,1-2H3,(H,28,29)/t17?,18?,19?,23-,24-,25-/m0/s1. The van der Waals surface area contributed by atoms with Crippen molar-refractivity contribution in [3.05, 3.63) is 11.6 Å². The number of carboxylic acids is 1. The molecule has 3 saturated carbocycles. The molecule has 0 amide bonds. The van der Waals surface area contributed by atoms with Crippen molar-refractivity contribution in [3.63, 3.8) is 0 Å². The third-order valence-electron chi connectivity index (χ3n) is 9.48. The van der Waals surface area contributed by atoms with Gasteiger partial charge >= 0.3 is 11.9 Å². The van der Waals surface area contributed by atoms with Crippen molar-refractivity contribution >= 4 is 23.5 Å². The van der Waals surface area contributed by atoms with Crippen LogP contribution in [0.25, 0.3) is 0 Å². The SMILES string of the molecule is C[C@]12CCC(=O)C=C1CCC1C2CC[C@@]2(C)C1CC[C@]2(O)C(=O)COC(=O)CCC(=O)O. The number of fused-ring (bicyclic) bond motifs is 5. The molecular weight excluding hydrogens is 412 g/mol. The molecule has 0 bridgehead atoms. The van der Waals surface area contributed by atoms with Gasteiger partial charge in [-0.15, -0.1) is 0 Å². The Morgan fingerprint density at radius 2 is 1.75 bits per heavy atom. The number of esters is 1. The van der Waals surface area contributed by atoms with Gasteiger partial charge in [0.05, 0.1) is 12.8 Å². The van der Waals surface area contributed by atoms with Gasteiger partial charge in [0.25, 0.3) is 0 Å². The Morgan fingerprint density at radius 3 is 2.47 bits per heavy atom. The summed E-state index contributed by atoms with van der Waals surface area (Å²) in [5.41, 5.74) is -0.783. The maximum atomic E-state index is 13.1. The second-order valence-corrected chi connectivity index (χ2v) is 10.8. The Hall–Kier alpha value is -2.02. The van der Waals surface area contributed by atoms with Gasteiger partial charge in [-0.2, -0.15) is 0 Å². The lowest BCUT2D eigenvalue weighted by molar-refractivity contribution is -0.170. The number of Topliss-reactive ketones (excluding diaryl/α,β-unsaturated/α-hetero) is 1. The lowest BCUT2D eigenvalue weighted by atomic mass is 9.46. The van der Waals surface area contributed by atoms with Gasteiger partial charge in [0.15, 0.2) is 12.4 Å². The zero-order valence-electron chi connectivity index (χ0n) is 19.0. The molecule has 3 unspecified atom stereocenters. The average Bonchev–Trinajstić information content (AvgIpc) is 3.03. The molecule has 7 nitrogen and oxygen atoms in total. The van der Waals surface area contributed by atoms with Crippen molar-refractivity contribution in [2.45, 2.75) is 83.7 Å². The van der Waals surface area contributed by atoms with Crippen LogP contribution < -0.4 is 0 Å². The van der Waals surface area contributed by atoms with Gasteiger partial charge in [0.1, 0.15) is 5.60 Å². The van der Waals surface area contributed by atoms with E-state index in [1.165, 1.54) is 5.57 Å². The fourth-order valence-electron chi connectivity index (χ4n) is 7.58. The van der Waals surface area contributed by atoms with Crippen LogP contribution in [0.4, 0.5) is 0 Å². The van der Waals surface area contributed by atoms with Crippen LogP contribution in [0.3, 0.4) is 0 Å². The molecule has 3 fully saturated rings. The van der Waals surface area contributed by atoms with E-state index in [-0.39, 0.29) is 30.0 Å². The van der Waals surface area contributed by atoms with Crippen LogP contribution in [0.1, 0.15) is 78.1 Å². The number of aliphatic hydroxyl groups is 1. The predicted octanol–water partition coefficient (Wildman–Crippen LogP) is 3.23. The maximum absolute atomic E-state index is 13.1. The van der Waals surface area contributed by atoms with E-state index in [0.717, 1.165) is 38.5 Å². The monoisotopic (exact) mass is 446 g/mol. The van der Waals surface area contributed by atoms with Crippen LogP contribution in [-0.2, 0) is 23.9 Å². The first-order chi connectivity index (χ1) is 15.0. The molecule has 4 rings (SSSR count). The number of ether oxygens (including phenoxy) is 1. The number of allylic oxidation sites excluding steroid dienone is 1. The molecule has 6 atom stereocenters. The molecule has 7 heteroatoms. The van der Waals surface area contributed by atoms with E-state index >= 15 is 0 Å². The van der Waals surface area contributed by atoms with Gasteiger partial charge in [-0.25, -0.2) is 0 Å². The second-order valence-electron chi connectivity index (χ2n) is 10.8. The number of hydrogen-bond donors (Lipinski definition) is 2. The minimum atomic E-state index is -1.53. The van der Waals surface area contributed by atoms with Gasteiger partial charge in [0.2, 0.25) is 5.78 Å². The zero-order chi connectivity index (χ0) is 23.3. The van der Waals surface area contributed by atoms with Gasteiger partial charge in [-0.05, 0) is 74.2 Å². The highest BCUT2D eigenvalue weighted by Crippen LogP contribution is 2.67. The Morgan fingerprint density at radius 1 is 1.03 bits per heavy atom. The highest BCUT2D eigenvalue weighted by Gasteiger charge is 2.66. The highest BCUT2D eigenvalue weighted by molar-refractivity contribution is 5.92. The van der Waals surface area contributed by atoms with Crippen molar-refractivity contribution in [1.82, 2.24) is 0 Å². The maximum Gasteiger partial charge on any atom is 0.306 e. The summed E-state index contributed by atoms with van der Waals surface area (Å²) in [5, 5.41) is 20.3. The third kappa shape index (κ3) is 3.53. The Kier molecular flexibility index (Phi) is 5.85. The second kappa shape index (κ2) is 8.08. The van der Waals surface area contributed by atoms with E-state index in [2.05, 4.69) is 6.92 Å². The molecule has 4 aliphatic rings. The normalized spacial score (nSPS) is 40.5. The van der Waals surface area contributed by atoms with Crippen LogP contribution >= 0.6 is 0 Å². The molecule has 176 valence electrons. The number of hydrogen-bond acceptors (Lipinski definition) is 6. The van der Waals surface area contributed by atoms with E-state index < -0.39 is 35.3 Å². The summed E-state index contributed by atoms with van der Waals surface area (Å²) in [6.07, 6.45) is 7.37. The van der Waals surface area contributed by atoms with E-state index in [9.17, 15) is 24.3 Å². The van der Waals surface area contributed by atoms with Crippen molar-refractivity contribution < 1.29 is 34.1 Å². The van der Waals surface area contributed by atoms with Crippen molar-refractivity contribution in [2.75, 3.05) is 6.61 Å². The fraction of sp³-hybridized carbons (Fsp3) is 0.760. The molecule has 0 heterocycles. The lowest BCUT2D eigenvalue weighted by Gasteiger charge is -2.58. The number of carboxylic acid groups (broad SMARTS) is 1. The Balaban J connectivity index is 1.48.